The molecule has 2 N–H and O–H groups in total. The van der Waals surface area contributed by atoms with Crippen LogP contribution in [0.2, 0.25) is 0 Å². The van der Waals surface area contributed by atoms with Gasteiger partial charge in [0.2, 0.25) is 5.95 Å². The Balaban J connectivity index is 1.63. The molecule has 6 nitrogen and oxygen atoms in total. The fourth-order valence-corrected chi connectivity index (χ4v) is 3.50. The monoisotopic (exact) mass is 363 g/mol. The molecule has 1 aliphatic carbocycles. The molecule has 3 aromatic rings. The molecule has 2 aromatic heterocycles. The van der Waals surface area contributed by atoms with E-state index in [1.807, 2.05) is 37.3 Å². The minimum absolute atomic E-state index is 0.431. The van der Waals surface area contributed by atoms with Gasteiger partial charge in [-0.2, -0.15) is 4.98 Å². The molecule has 0 aliphatic heterocycles. The maximum absolute atomic E-state index is 5.15. The first-order valence-electron chi connectivity index (χ1n) is 9.68. The third kappa shape index (κ3) is 4.64. The summed E-state index contributed by atoms with van der Waals surface area (Å²) in [6.45, 7) is 1.87. The summed E-state index contributed by atoms with van der Waals surface area (Å²) in [6.07, 6.45) is 7.51. The first-order valence-corrected chi connectivity index (χ1v) is 9.68. The van der Waals surface area contributed by atoms with E-state index in [-0.39, 0.29) is 0 Å². The summed E-state index contributed by atoms with van der Waals surface area (Å²) >= 11 is 0. The molecule has 0 unspecified atom stereocenters. The molecule has 1 fully saturated rings. The fraction of sp³-hybridized carbons (Fsp3) is 0.381. The highest BCUT2D eigenvalue weighted by atomic mass is 16.5. The highest BCUT2D eigenvalue weighted by Gasteiger charge is 2.15. The van der Waals surface area contributed by atoms with E-state index in [0.717, 1.165) is 17.0 Å². The number of nitrogens with one attached hydrogen (secondary N) is 2. The van der Waals surface area contributed by atoms with Crippen molar-refractivity contribution in [1.29, 1.82) is 0 Å². The number of hydrogen-bond acceptors (Lipinski definition) is 6. The fourth-order valence-electron chi connectivity index (χ4n) is 3.50. The summed E-state index contributed by atoms with van der Waals surface area (Å²) in [5.41, 5.74) is 1.94. The summed E-state index contributed by atoms with van der Waals surface area (Å²) in [7, 11) is 0. The van der Waals surface area contributed by atoms with Crippen LogP contribution in [0, 0.1) is 6.92 Å². The molecule has 1 aliphatic rings. The molecule has 6 heteroatoms. The standard InChI is InChI=1S/C21H25N5O/c1-15-13-20(26-27-15)24-19-14-18(16-9-5-4-6-10-16)23-21(25-19)22-17-11-7-2-3-8-12-17/h4-6,9-10,13-14,17H,2-3,7-8,11-12H2,1H3,(H2,22,23,24,25,26). The van der Waals surface area contributed by atoms with Crippen LogP contribution >= 0.6 is 0 Å². The largest absolute Gasteiger partial charge is 0.360 e. The van der Waals surface area contributed by atoms with Gasteiger partial charge in [-0.1, -0.05) is 61.2 Å². The Bertz CT molecular complexity index is 869. The molecule has 0 radical (unpaired) electrons. The van der Waals surface area contributed by atoms with Gasteiger partial charge >= 0.3 is 0 Å². The van der Waals surface area contributed by atoms with E-state index in [0.29, 0.717) is 23.6 Å². The second-order valence-corrected chi connectivity index (χ2v) is 7.11. The predicted octanol–water partition coefficient (Wildman–Crippen LogP) is 5.32. The van der Waals surface area contributed by atoms with E-state index in [1.165, 1.54) is 38.5 Å². The molecule has 0 bridgehead atoms. The van der Waals surface area contributed by atoms with Crippen LogP contribution in [0.4, 0.5) is 17.6 Å². The van der Waals surface area contributed by atoms with Gasteiger partial charge in [-0.3, -0.25) is 0 Å². The van der Waals surface area contributed by atoms with Crippen LogP contribution in [0.5, 0.6) is 0 Å². The van der Waals surface area contributed by atoms with Gasteiger partial charge in [-0.25, -0.2) is 4.98 Å². The summed E-state index contributed by atoms with van der Waals surface area (Å²) in [5, 5.41) is 10.8. The van der Waals surface area contributed by atoms with Crippen LogP contribution in [-0.2, 0) is 0 Å². The van der Waals surface area contributed by atoms with Crippen molar-refractivity contribution < 1.29 is 4.52 Å². The quantitative estimate of drug-likeness (QED) is 0.598. The van der Waals surface area contributed by atoms with Crippen LogP contribution in [0.3, 0.4) is 0 Å². The predicted molar refractivity (Wildman–Crippen MR) is 107 cm³/mol. The topological polar surface area (TPSA) is 75.9 Å². The Morgan fingerprint density at radius 3 is 2.41 bits per heavy atom. The van der Waals surface area contributed by atoms with Gasteiger partial charge in [0.05, 0.1) is 5.69 Å². The van der Waals surface area contributed by atoms with Gasteiger partial charge in [0, 0.05) is 23.7 Å². The van der Waals surface area contributed by atoms with Crippen LogP contribution in [0.25, 0.3) is 11.3 Å². The third-order valence-corrected chi connectivity index (χ3v) is 4.87. The smallest absolute Gasteiger partial charge is 0.225 e. The lowest BCUT2D eigenvalue weighted by atomic mass is 10.1. The van der Waals surface area contributed by atoms with Crippen LogP contribution in [-0.4, -0.2) is 21.2 Å². The van der Waals surface area contributed by atoms with E-state index < -0.39 is 0 Å². The average molecular weight is 363 g/mol. The van der Waals surface area contributed by atoms with Gasteiger partial charge in [-0.15, -0.1) is 0 Å². The lowest BCUT2D eigenvalue weighted by Crippen LogP contribution is -2.20. The van der Waals surface area contributed by atoms with Crippen LogP contribution in [0.1, 0.15) is 44.3 Å². The minimum Gasteiger partial charge on any atom is -0.360 e. The molecule has 1 saturated carbocycles. The first kappa shape index (κ1) is 17.5. The molecule has 140 valence electrons. The van der Waals surface area contributed by atoms with Crippen LogP contribution in [0.15, 0.2) is 47.0 Å². The molecule has 2 heterocycles. The van der Waals surface area contributed by atoms with Gasteiger partial charge in [0.25, 0.3) is 0 Å². The molecule has 0 spiro atoms. The highest BCUT2D eigenvalue weighted by molar-refractivity contribution is 5.66. The van der Waals surface area contributed by atoms with Crippen molar-refractivity contribution in [3.63, 3.8) is 0 Å². The van der Waals surface area contributed by atoms with Gasteiger partial charge in [0.1, 0.15) is 11.6 Å². The number of hydrogen-bond donors (Lipinski definition) is 2. The van der Waals surface area contributed by atoms with Gasteiger partial charge < -0.3 is 15.2 Å². The lowest BCUT2D eigenvalue weighted by Gasteiger charge is -2.17. The van der Waals surface area contributed by atoms with Gasteiger partial charge in [-0.05, 0) is 19.8 Å². The summed E-state index contributed by atoms with van der Waals surface area (Å²) < 4.78 is 5.15. The third-order valence-electron chi connectivity index (χ3n) is 4.87. The second kappa shape index (κ2) is 8.20. The zero-order valence-electron chi connectivity index (χ0n) is 15.6. The summed E-state index contributed by atoms with van der Waals surface area (Å²) in [4.78, 5) is 9.44. The molecule has 0 amide bonds. The van der Waals surface area contributed by atoms with Crippen molar-refractivity contribution in [2.24, 2.45) is 0 Å². The molecule has 27 heavy (non-hydrogen) atoms. The lowest BCUT2D eigenvalue weighted by molar-refractivity contribution is 0.400. The van der Waals surface area contributed by atoms with Crippen molar-refractivity contribution in [2.45, 2.75) is 51.5 Å². The Morgan fingerprint density at radius 1 is 0.926 bits per heavy atom. The average Bonchev–Trinajstić information content (AvgIpc) is 2.92. The van der Waals surface area contributed by atoms with Crippen molar-refractivity contribution in [3.8, 4) is 11.3 Å². The highest BCUT2D eigenvalue weighted by Crippen LogP contribution is 2.25. The van der Waals surface area contributed by atoms with Crippen molar-refractivity contribution in [1.82, 2.24) is 15.1 Å². The van der Waals surface area contributed by atoms with Crippen molar-refractivity contribution >= 4 is 17.6 Å². The van der Waals surface area contributed by atoms with Crippen LogP contribution < -0.4 is 10.6 Å². The molecule has 0 atom stereocenters. The maximum Gasteiger partial charge on any atom is 0.225 e. The maximum atomic E-state index is 5.15. The number of benzene rings is 1. The molecule has 0 saturated heterocycles. The molecular weight excluding hydrogens is 338 g/mol. The van der Waals surface area contributed by atoms with Crippen molar-refractivity contribution in [2.75, 3.05) is 10.6 Å². The van der Waals surface area contributed by atoms with Gasteiger partial charge in [0.15, 0.2) is 5.82 Å². The van der Waals surface area contributed by atoms with E-state index in [1.54, 1.807) is 0 Å². The summed E-state index contributed by atoms with van der Waals surface area (Å²) in [6, 6.07) is 14.4. The number of aryl methyl sites for hydroxylation is 1. The Morgan fingerprint density at radius 2 is 1.70 bits per heavy atom. The number of aromatic nitrogens is 3. The van der Waals surface area contributed by atoms with E-state index in [4.69, 9.17) is 9.51 Å². The Hall–Kier alpha value is -2.89. The Labute approximate surface area is 159 Å². The first-order chi connectivity index (χ1) is 13.3. The SMILES string of the molecule is Cc1cc(Nc2cc(-c3ccccc3)nc(NC3CCCCCC3)n2)no1. The normalized spacial score (nSPS) is 15.3. The number of nitrogens with zero attached hydrogens (tertiary/aromatic N) is 3. The van der Waals surface area contributed by atoms with Crippen molar-refractivity contribution in [3.05, 3.63) is 48.2 Å². The van der Waals surface area contributed by atoms with E-state index >= 15 is 0 Å². The summed E-state index contributed by atoms with van der Waals surface area (Å²) in [5.74, 6) is 2.76. The van der Waals surface area contributed by atoms with E-state index in [9.17, 15) is 0 Å². The second-order valence-electron chi connectivity index (χ2n) is 7.11. The zero-order chi connectivity index (χ0) is 18.5. The molecule has 1 aromatic carbocycles. The minimum atomic E-state index is 0.431. The number of anilines is 3. The molecular formula is C21H25N5O. The zero-order valence-corrected chi connectivity index (χ0v) is 15.6. The molecule has 4 rings (SSSR count). The number of rotatable bonds is 5. The van der Waals surface area contributed by atoms with E-state index in [2.05, 4.69) is 32.9 Å². The Kier molecular flexibility index (Phi) is 5.32.